The second-order valence-electron chi connectivity index (χ2n) is 4.20. The first-order valence-corrected chi connectivity index (χ1v) is 6.50. The fourth-order valence-electron chi connectivity index (χ4n) is 1.75. The molecule has 0 radical (unpaired) electrons. The number of nitrogens with two attached hydrogens (primary N) is 1. The van der Waals surface area contributed by atoms with Crippen molar-refractivity contribution < 1.29 is 4.79 Å². The first-order valence-electron chi connectivity index (χ1n) is 6.50. The minimum absolute atomic E-state index is 0.0603. The zero-order chi connectivity index (χ0) is 13.4. The van der Waals surface area contributed by atoms with Crippen molar-refractivity contribution in [1.82, 2.24) is 10.2 Å². The van der Waals surface area contributed by atoms with E-state index >= 15 is 0 Å². The second kappa shape index (κ2) is 7.84. The third kappa shape index (κ3) is 4.47. The van der Waals surface area contributed by atoms with Crippen LogP contribution >= 0.6 is 0 Å². The summed E-state index contributed by atoms with van der Waals surface area (Å²) < 4.78 is 0. The highest BCUT2D eigenvalue weighted by atomic mass is 16.1. The van der Waals surface area contributed by atoms with Crippen molar-refractivity contribution in [3.8, 4) is 0 Å². The molecule has 0 spiro atoms. The minimum atomic E-state index is -0.0603. The number of hydrogen-bond acceptors (Lipinski definition) is 3. The fraction of sp³-hybridized carbons (Fsp3) is 0.500. The predicted octanol–water partition coefficient (Wildman–Crippen LogP) is 1.22. The normalized spacial score (nSPS) is 10.7. The van der Waals surface area contributed by atoms with Crippen LogP contribution in [-0.4, -0.2) is 37.0 Å². The number of hydrogen-bond donors (Lipinski definition) is 2. The summed E-state index contributed by atoms with van der Waals surface area (Å²) in [4.78, 5) is 14.0. The van der Waals surface area contributed by atoms with Crippen molar-refractivity contribution in [2.45, 2.75) is 20.4 Å². The van der Waals surface area contributed by atoms with Gasteiger partial charge in [-0.3, -0.25) is 9.69 Å². The van der Waals surface area contributed by atoms with E-state index in [1.54, 1.807) is 0 Å². The van der Waals surface area contributed by atoms with Crippen LogP contribution in [-0.2, 0) is 6.54 Å². The Hall–Kier alpha value is -1.39. The van der Waals surface area contributed by atoms with Crippen LogP contribution in [0.2, 0.25) is 0 Å². The van der Waals surface area contributed by atoms with Gasteiger partial charge >= 0.3 is 0 Å². The largest absolute Gasteiger partial charge is 0.351 e. The average molecular weight is 249 g/mol. The van der Waals surface area contributed by atoms with Crippen molar-refractivity contribution in [3.63, 3.8) is 0 Å². The molecule has 1 rings (SSSR count). The SMILES string of the molecule is CCN(CC)Cc1ccc(C(=O)NCCN)cc1. The van der Waals surface area contributed by atoms with Crippen LogP contribution in [0, 0.1) is 0 Å². The van der Waals surface area contributed by atoms with E-state index < -0.39 is 0 Å². The van der Waals surface area contributed by atoms with Gasteiger partial charge in [0.1, 0.15) is 0 Å². The minimum Gasteiger partial charge on any atom is -0.351 e. The lowest BCUT2D eigenvalue weighted by molar-refractivity contribution is 0.0954. The van der Waals surface area contributed by atoms with E-state index in [0.29, 0.717) is 18.7 Å². The van der Waals surface area contributed by atoms with Gasteiger partial charge < -0.3 is 11.1 Å². The Morgan fingerprint density at radius 1 is 1.22 bits per heavy atom. The Balaban J connectivity index is 2.59. The van der Waals surface area contributed by atoms with E-state index in [1.165, 1.54) is 5.56 Å². The first kappa shape index (κ1) is 14.7. The molecule has 1 aromatic carbocycles. The summed E-state index contributed by atoms with van der Waals surface area (Å²) in [7, 11) is 0. The van der Waals surface area contributed by atoms with Crippen LogP contribution in [0.25, 0.3) is 0 Å². The summed E-state index contributed by atoms with van der Waals surface area (Å²) in [5, 5.41) is 2.76. The monoisotopic (exact) mass is 249 g/mol. The molecule has 0 aliphatic heterocycles. The van der Waals surface area contributed by atoms with Gasteiger partial charge in [0.05, 0.1) is 0 Å². The van der Waals surface area contributed by atoms with E-state index in [-0.39, 0.29) is 5.91 Å². The van der Waals surface area contributed by atoms with Gasteiger partial charge in [-0.25, -0.2) is 0 Å². The maximum absolute atomic E-state index is 11.7. The highest BCUT2D eigenvalue weighted by Crippen LogP contribution is 2.07. The summed E-state index contributed by atoms with van der Waals surface area (Å²) in [6.45, 7) is 8.28. The van der Waals surface area contributed by atoms with Gasteiger partial charge in [0, 0.05) is 25.2 Å². The molecule has 4 nitrogen and oxygen atoms in total. The van der Waals surface area contributed by atoms with E-state index in [4.69, 9.17) is 5.73 Å². The standard InChI is InChI=1S/C14H23N3O/c1-3-17(4-2)11-12-5-7-13(8-6-12)14(18)16-10-9-15/h5-8H,3-4,9-11,15H2,1-2H3,(H,16,18). The van der Waals surface area contributed by atoms with Gasteiger partial charge in [-0.05, 0) is 30.8 Å². The number of carbonyl (C=O) groups is 1. The van der Waals surface area contributed by atoms with Gasteiger partial charge in [0.15, 0.2) is 0 Å². The number of amides is 1. The Labute approximate surface area is 109 Å². The number of rotatable bonds is 7. The van der Waals surface area contributed by atoms with E-state index in [9.17, 15) is 4.79 Å². The lowest BCUT2D eigenvalue weighted by Gasteiger charge is -2.18. The number of nitrogens with zero attached hydrogens (tertiary/aromatic N) is 1. The van der Waals surface area contributed by atoms with Gasteiger partial charge in [0.2, 0.25) is 0 Å². The van der Waals surface area contributed by atoms with Gasteiger partial charge in [-0.1, -0.05) is 26.0 Å². The molecule has 0 bridgehead atoms. The van der Waals surface area contributed by atoms with E-state index in [2.05, 4.69) is 24.1 Å². The summed E-state index contributed by atoms with van der Waals surface area (Å²) in [6.07, 6.45) is 0. The molecule has 1 amide bonds. The van der Waals surface area contributed by atoms with Gasteiger partial charge in [0.25, 0.3) is 5.91 Å². The third-order valence-corrected chi connectivity index (χ3v) is 2.95. The zero-order valence-corrected chi connectivity index (χ0v) is 11.3. The number of nitrogens with one attached hydrogen (secondary N) is 1. The molecule has 0 aromatic heterocycles. The highest BCUT2D eigenvalue weighted by Gasteiger charge is 2.05. The predicted molar refractivity (Wildman–Crippen MR) is 74.5 cm³/mol. The molecule has 0 aliphatic rings. The molecular formula is C14H23N3O. The molecule has 1 aromatic rings. The molecule has 0 saturated heterocycles. The lowest BCUT2D eigenvalue weighted by Crippen LogP contribution is -2.29. The lowest BCUT2D eigenvalue weighted by atomic mass is 10.1. The second-order valence-corrected chi connectivity index (χ2v) is 4.20. The van der Waals surface area contributed by atoms with Crippen molar-refractivity contribution in [2.24, 2.45) is 5.73 Å². The van der Waals surface area contributed by atoms with Crippen LogP contribution in [0.4, 0.5) is 0 Å². The van der Waals surface area contributed by atoms with E-state index in [0.717, 1.165) is 19.6 Å². The zero-order valence-electron chi connectivity index (χ0n) is 11.3. The van der Waals surface area contributed by atoms with Crippen molar-refractivity contribution in [3.05, 3.63) is 35.4 Å². The fourth-order valence-corrected chi connectivity index (χ4v) is 1.75. The topological polar surface area (TPSA) is 58.4 Å². The molecule has 0 atom stereocenters. The molecule has 3 N–H and O–H groups in total. The number of carbonyl (C=O) groups excluding carboxylic acids is 1. The Morgan fingerprint density at radius 2 is 1.83 bits per heavy atom. The Morgan fingerprint density at radius 3 is 2.33 bits per heavy atom. The summed E-state index contributed by atoms with van der Waals surface area (Å²) in [5.74, 6) is -0.0603. The molecule has 0 unspecified atom stereocenters. The van der Waals surface area contributed by atoms with Crippen molar-refractivity contribution in [1.29, 1.82) is 0 Å². The molecular weight excluding hydrogens is 226 g/mol. The number of benzene rings is 1. The van der Waals surface area contributed by atoms with Crippen LogP contribution in [0.5, 0.6) is 0 Å². The van der Waals surface area contributed by atoms with Crippen molar-refractivity contribution >= 4 is 5.91 Å². The van der Waals surface area contributed by atoms with Crippen LogP contribution in [0.3, 0.4) is 0 Å². The highest BCUT2D eigenvalue weighted by molar-refractivity contribution is 5.94. The molecule has 0 saturated carbocycles. The molecule has 18 heavy (non-hydrogen) atoms. The molecule has 0 aliphatic carbocycles. The van der Waals surface area contributed by atoms with Crippen molar-refractivity contribution in [2.75, 3.05) is 26.2 Å². The third-order valence-electron chi connectivity index (χ3n) is 2.95. The van der Waals surface area contributed by atoms with Crippen LogP contribution < -0.4 is 11.1 Å². The van der Waals surface area contributed by atoms with Gasteiger partial charge in [-0.15, -0.1) is 0 Å². The molecule has 100 valence electrons. The average Bonchev–Trinajstić information content (AvgIpc) is 2.42. The molecule has 0 heterocycles. The Kier molecular flexibility index (Phi) is 6.39. The molecule has 0 fully saturated rings. The molecule has 4 heteroatoms. The van der Waals surface area contributed by atoms with Crippen LogP contribution in [0.1, 0.15) is 29.8 Å². The quantitative estimate of drug-likeness (QED) is 0.764. The van der Waals surface area contributed by atoms with E-state index in [1.807, 2.05) is 24.3 Å². The summed E-state index contributed by atoms with van der Waals surface area (Å²) in [5.41, 5.74) is 7.26. The first-order chi connectivity index (χ1) is 8.71. The summed E-state index contributed by atoms with van der Waals surface area (Å²) >= 11 is 0. The summed E-state index contributed by atoms with van der Waals surface area (Å²) in [6, 6.07) is 7.75. The Bertz CT molecular complexity index is 358. The maximum atomic E-state index is 11.7. The van der Waals surface area contributed by atoms with Gasteiger partial charge in [-0.2, -0.15) is 0 Å². The van der Waals surface area contributed by atoms with Crippen LogP contribution in [0.15, 0.2) is 24.3 Å². The smallest absolute Gasteiger partial charge is 0.251 e. The maximum Gasteiger partial charge on any atom is 0.251 e.